The number of amides is 2. The van der Waals surface area contributed by atoms with Crippen molar-refractivity contribution < 1.29 is 14.7 Å². The van der Waals surface area contributed by atoms with E-state index in [0.717, 1.165) is 12.8 Å². The van der Waals surface area contributed by atoms with E-state index in [1.165, 1.54) is 0 Å². The predicted octanol–water partition coefficient (Wildman–Crippen LogP) is 1.29. The number of hydrogen-bond donors (Lipinski definition) is 2. The van der Waals surface area contributed by atoms with E-state index in [0.29, 0.717) is 19.5 Å². The second-order valence-corrected chi connectivity index (χ2v) is 4.66. The van der Waals surface area contributed by atoms with Gasteiger partial charge in [0.2, 0.25) is 0 Å². The second kappa shape index (κ2) is 6.90. The predicted molar refractivity (Wildman–Crippen MR) is 68.0 cm³/mol. The van der Waals surface area contributed by atoms with Crippen LogP contribution in [-0.2, 0) is 4.79 Å². The molecule has 1 heterocycles. The zero-order chi connectivity index (χ0) is 13.5. The molecule has 0 aromatic carbocycles. The highest BCUT2D eigenvalue weighted by Gasteiger charge is 2.28. The Bertz CT molecular complexity index is 349. The van der Waals surface area contributed by atoms with E-state index in [-0.39, 0.29) is 24.4 Å². The smallest absolute Gasteiger partial charge is 0.317 e. The van der Waals surface area contributed by atoms with Crippen molar-refractivity contribution in [3.63, 3.8) is 0 Å². The first kappa shape index (κ1) is 14.4. The van der Waals surface area contributed by atoms with E-state index >= 15 is 0 Å². The number of carboxylic acids is 1. The van der Waals surface area contributed by atoms with Crippen LogP contribution in [0, 0.1) is 18.3 Å². The average Bonchev–Trinajstić information content (AvgIpc) is 2.76. The summed E-state index contributed by atoms with van der Waals surface area (Å²) in [5.41, 5.74) is 0. The van der Waals surface area contributed by atoms with Gasteiger partial charge < -0.3 is 15.3 Å². The zero-order valence-electron chi connectivity index (χ0n) is 10.7. The molecule has 1 fully saturated rings. The number of hydrogen-bond acceptors (Lipinski definition) is 2. The minimum atomic E-state index is -0.805. The fraction of sp³-hybridized carbons (Fsp3) is 0.692. The fourth-order valence-corrected chi connectivity index (χ4v) is 2.14. The van der Waals surface area contributed by atoms with Crippen LogP contribution in [0.4, 0.5) is 4.79 Å². The summed E-state index contributed by atoms with van der Waals surface area (Å²) in [7, 11) is 0. The van der Waals surface area contributed by atoms with Crippen LogP contribution in [0.5, 0.6) is 0 Å². The number of carbonyl (C=O) groups excluding carboxylic acids is 1. The van der Waals surface area contributed by atoms with E-state index in [9.17, 15) is 9.59 Å². The monoisotopic (exact) mass is 252 g/mol. The summed E-state index contributed by atoms with van der Waals surface area (Å²) >= 11 is 0. The number of nitrogens with zero attached hydrogens (tertiary/aromatic N) is 1. The molecule has 18 heavy (non-hydrogen) atoms. The van der Waals surface area contributed by atoms with Crippen LogP contribution in [0.25, 0.3) is 0 Å². The lowest BCUT2D eigenvalue weighted by Gasteiger charge is -2.21. The molecule has 100 valence electrons. The van der Waals surface area contributed by atoms with Gasteiger partial charge in [0.15, 0.2) is 0 Å². The molecule has 1 aliphatic heterocycles. The summed E-state index contributed by atoms with van der Waals surface area (Å²) < 4.78 is 0. The Morgan fingerprint density at radius 1 is 1.61 bits per heavy atom. The molecule has 0 saturated carbocycles. The van der Waals surface area contributed by atoms with E-state index in [1.807, 2.05) is 6.92 Å². The Morgan fingerprint density at radius 2 is 2.33 bits per heavy atom. The van der Waals surface area contributed by atoms with Gasteiger partial charge >= 0.3 is 12.0 Å². The van der Waals surface area contributed by atoms with Gasteiger partial charge in [-0.05, 0) is 18.8 Å². The van der Waals surface area contributed by atoms with Crippen LogP contribution < -0.4 is 5.32 Å². The Labute approximate surface area is 108 Å². The quantitative estimate of drug-likeness (QED) is 0.724. The first-order valence-electron chi connectivity index (χ1n) is 6.27. The standard InChI is InChI=1S/C13H20N2O3/c1-3-5-11(4-2)14-13(18)15-7-6-10(9-15)8-12(16)17/h1,10-11H,4-9H2,2H3,(H,14,18)(H,16,17). The maximum Gasteiger partial charge on any atom is 0.317 e. The summed E-state index contributed by atoms with van der Waals surface area (Å²) in [6, 6.07) is -0.133. The van der Waals surface area contributed by atoms with E-state index in [1.54, 1.807) is 4.90 Å². The third kappa shape index (κ3) is 4.28. The molecule has 1 aliphatic rings. The molecule has 2 unspecified atom stereocenters. The summed E-state index contributed by atoms with van der Waals surface area (Å²) in [5.74, 6) is 1.80. The van der Waals surface area contributed by atoms with Gasteiger partial charge in [0.25, 0.3) is 0 Å². The number of terminal acetylenes is 1. The van der Waals surface area contributed by atoms with Gasteiger partial charge in [-0.15, -0.1) is 12.3 Å². The first-order valence-corrected chi connectivity index (χ1v) is 6.27. The van der Waals surface area contributed by atoms with Gasteiger partial charge in [-0.1, -0.05) is 6.92 Å². The first-order chi connectivity index (χ1) is 8.56. The Kier molecular flexibility index (Phi) is 5.50. The van der Waals surface area contributed by atoms with Gasteiger partial charge in [0, 0.05) is 32.0 Å². The van der Waals surface area contributed by atoms with Crippen molar-refractivity contribution in [2.24, 2.45) is 5.92 Å². The number of carboxylic acid groups (broad SMARTS) is 1. The minimum Gasteiger partial charge on any atom is -0.481 e. The molecule has 0 radical (unpaired) electrons. The average molecular weight is 252 g/mol. The summed E-state index contributed by atoms with van der Waals surface area (Å²) in [5, 5.41) is 11.6. The molecule has 0 aliphatic carbocycles. The number of likely N-dealkylation sites (tertiary alicyclic amines) is 1. The molecule has 5 heteroatoms. The molecule has 5 nitrogen and oxygen atoms in total. The lowest BCUT2D eigenvalue weighted by atomic mass is 10.1. The number of rotatable bonds is 5. The van der Waals surface area contributed by atoms with Crippen LogP contribution in [0.2, 0.25) is 0 Å². The lowest BCUT2D eigenvalue weighted by molar-refractivity contribution is -0.138. The van der Waals surface area contributed by atoms with Crippen molar-refractivity contribution in [1.29, 1.82) is 0 Å². The highest BCUT2D eigenvalue weighted by molar-refractivity contribution is 5.75. The molecular formula is C13H20N2O3. The molecule has 1 saturated heterocycles. The van der Waals surface area contributed by atoms with Crippen molar-refractivity contribution >= 4 is 12.0 Å². The third-order valence-corrected chi connectivity index (χ3v) is 3.22. The second-order valence-electron chi connectivity index (χ2n) is 4.66. The summed E-state index contributed by atoms with van der Waals surface area (Å²) in [6.45, 7) is 3.11. The molecule has 0 bridgehead atoms. The van der Waals surface area contributed by atoms with E-state index in [4.69, 9.17) is 11.5 Å². The van der Waals surface area contributed by atoms with Gasteiger partial charge in [-0.2, -0.15) is 0 Å². The highest BCUT2D eigenvalue weighted by atomic mass is 16.4. The minimum absolute atomic E-state index is 0.000948. The third-order valence-electron chi connectivity index (χ3n) is 3.22. The van der Waals surface area contributed by atoms with Crippen molar-refractivity contribution in [2.75, 3.05) is 13.1 Å². The Balaban J connectivity index is 2.40. The van der Waals surface area contributed by atoms with Crippen molar-refractivity contribution in [1.82, 2.24) is 10.2 Å². The molecule has 1 rings (SSSR count). The molecule has 2 amide bonds. The molecule has 2 atom stereocenters. The maximum atomic E-state index is 11.9. The summed E-state index contributed by atoms with van der Waals surface area (Å²) in [4.78, 5) is 24.2. The molecular weight excluding hydrogens is 232 g/mol. The van der Waals surface area contributed by atoms with Crippen LogP contribution in [0.3, 0.4) is 0 Å². The van der Waals surface area contributed by atoms with Crippen molar-refractivity contribution in [3.8, 4) is 12.3 Å². The van der Waals surface area contributed by atoms with Crippen LogP contribution in [0.15, 0.2) is 0 Å². The van der Waals surface area contributed by atoms with E-state index < -0.39 is 5.97 Å². The molecule has 0 aromatic heterocycles. The molecule has 0 aromatic rings. The number of carbonyl (C=O) groups is 2. The highest BCUT2D eigenvalue weighted by Crippen LogP contribution is 2.19. The van der Waals surface area contributed by atoms with Gasteiger partial charge in [-0.3, -0.25) is 4.79 Å². The number of nitrogens with one attached hydrogen (secondary N) is 1. The van der Waals surface area contributed by atoms with Crippen molar-refractivity contribution in [2.45, 2.75) is 38.6 Å². The number of urea groups is 1. The topological polar surface area (TPSA) is 69.6 Å². The Morgan fingerprint density at radius 3 is 2.89 bits per heavy atom. The maximum absolute atomic E-state index is 11.9. The largest absolute Gasteiger partial charge is 0.481 e. The van der Waals surface area contributed by atoms with E-state index in [2.05, 4.69) is 11.2 Å². The van der Waals surface area contributed by atoms with Crippen LogP contribution in [0.1, 0.15) is 32.6 Å². The lowest BCUT2D eigenvalue weighted by Crippen LogP contribution is -2.43. The fourth-order valence-electron chi connectivity index (χ4n) is 2.14. The number of aliphatic carboxylic acids is 1. The SMILES string of the molecule is C#CCC(CC)NC(=O)N1CCC(CC(=O)O)C1. The Hall–Kier alpha value is -1.70. The molecule has 2 N–H and O–H groups in total. The van der Waals surface area contributed by atoms with Crippen LogP contribution >= 0.6 is 0 Å². The molecule has 0 spiro atoms. The van der Waals surface area contributed by atoms with Crippen molar-refractivity contribution in [3.05, 3.63) is 0 Å². The van der Waals surface area contributed by atoms with Crippen LogP contribution in [-0.4, -0.2) is 41.1 Å². The van der Waals surface area contributed by atoms with Gasteiger partial charge in [0.1, 0.15) is 0 Å². The normalized spacial score (nSPS) is 20.2. The zero-order valence-corrected chi connectivity index (χ0v) is 10.7. The van der Waals surface area contributed by atoms with Gasteiger partial charge in [-0.25, -0.2) is 4.79 Å². The summed E-state index contributed by atoms with van der Waals surface area (Å²) in [6.07, 6.45) is 7.43. The van der Waals surface area contributed by atoms with Gasteiger partial charge in [0.05, 0.1) is 0 Å².